The molecule has 1 fully saturated rings. The monoisotopic (exact) mass is 411 g/mol. The van der Waals surface area contributed by atoms with Crippen LogP contribution in [0.25, 0.3) is 6.08 Å². The number of amidine groups is 1. The normalized spacial score (nSPS) is 18.3. The van der Waals surface area contributed by atoms with Gasteiger partial charge >= 0.3 is 0 Å². The van der Waals surface area contributed by atoms with Crippen molar-refractivity contribution < 1.29 is 9.59 Å². The van der Waals surface area contributed by atoms with Crippen molar-refractivity contribution in [1.29, 1.82) is 0 Å². The Morgan fingerprint density at radius 2 is 2.04 bits per heavy atom. The number of hydrogen-bond donors (Lipinski definition) is 1. The first-order valence-corrected chi connectivity index (χ1v) is 9.88. The highest BCUT2D eigenvalue weighted by Crippen LogP contribution is 2.25. The van der Waals surface area contributed by atoms with Gasteiger partial charge in [-0.1, -0.05) is 59.8 Å². The van der Waals surface area contributed by atoms with Crippen LogP contribution in [0.2, 0.25) is 5.02 Å². The number of nitrogens with one attached hydrogen (secondary N) is 1. The maximum Gasteiger partial charge on any atom is 0.240 e. The average molecular weight is 412 g/mol. The van der Waals surface area contributed by atoms with E-state index in [9.17, 15) is 9.59 Å². The minimum Gasteiger partial charge on any atom is -0.303 e. The molecule has 0 radical (unpaired) electrons. The maximum atomic E-state index is 12.4. The van der Waals surface area contributed by atoms with Crippen LogP contribution in [0.1, 0.15) is 27.9 Å². The third-order valence-corrected chi connectivity index (χ3v) is 5.51. The molecule has 5 nitrogen and oxygen atoms in total. The first-order chi connectivity index (χ1) is 13.5. The molecule has 0 aliphatic carbocycles. The summed E-state index contributed by atoms with van der Waals surface area (Å²) in [6.45, 7) is 1.84. The highest BCUT2D eigenvalue weighted by molar-refractivity contribution is 8.15. The molecule has 3 rings (SSSR count). The summed E-state index contributed by atoms with van der Waals surface area (Å²) in [4.78, 5) is 24.5. The van der Waals surface area contributed by atoms with Crippen LogP contribution >= 0.6 is 23.4 Å². The van der Waals surface area contributed by atoms with Crippen molar-refractivity contribution in [2.45, 2.75) is 18.6 Å². The van der Waals surface area contributed by atoms with Gasteiger partial charge in [-0.25, -0.2) is 0 Å². The molecule has 1 aliphatic heterocycles. The van der Waals surface area contributed by atoms with E-state index in [2.05, 4.69) is 15.5 Å². The minimum absolute atomic E-state index is 0.0915. The fraction of sp³-hybridized carbons (Fsp3) is 0.143. The first-order valence-electron chi connectivity index (χ1n) is 8.62. The summed E-state index contributed by atoms with van der Waals surface area (Å²) in [6.07, 6.45) is 5.31. The fourth-order valence-corrected chi connectivity index (χ4v) is 3.58. The second kappa shape index (κ2) is 9.48. The van der Waals surface area contributed by atoms with Crippen molar-refractivity contribution in [2.24, 2.45) is 10.2 Å². The molecule has 2 aromatic rings. The van der Waals surface area contributed by atoms with E-state index in [1.54, 1.807) is 30.5 Å². The summed E-state index contributed by atoms with van der Waals surface area (Å²) in [5.41, 5.74) is 2.43. The van der Waals surface area contributed by atoms with Crippen LogP contribution in [0.3, 0.4) is 0 Å². The van der Waals surface area contributed by atoms with Crippen LogP contribution in [-0.4, -0.2) is 28.3 Å². The second-order valence-electron chi connectivity index (χ2n) is 6.13. The number of benzene rings is 2. The Labute approximate surface area is 172 Å². The minimum atomic E-state index is -0.516. The van der Waals surface area contributed by atoms with Crippen molar-refractivity contribution in [2.75, 3.05) is 0 Å². The highest BCUT2D eigenvalue weighted by Gasteiger charge is 2.32. The van der Waals surface area contributed by atoms with E-state index >= 15 is 0 Å². The summed E-state index contributed by atoms with van der Waals surface area (Å²) in [6, 6.07) is 14.9. The third-order valence-electron chi connectivity index (χ3n) is 4.02. The number of nitrogens with zero attached hydrogens (tertiary/aromatic N) is 2. The molecule has 1 N–H and O–H groups in total. The van der Waals surface area contributed by atoms with E-state index < -0.39 is 5.25 Å². The molecule has 1 heterocycles. The van der Waals surface area contributed by atoms with Gasteiger partial charge < -0.3 is 5.32 Å². The molecule has 7 heteroatoms. The van der Waals surface area contributed by atoms with Crippen molar-refractivity contribution in [3.05, 3.63) is 76.3 Å². The molecule has 1 saturated heterocycles. The van der Waals surface area contributed by atoms with Crippen LogP contribution < -0.4 is 5.32 Å². The Morgan fingerprint density at radius 3 is 2.79 bits per heavy atom. The quantitative estimate of drug-likeness (QED) is 0.432. The second-order valence-corrected chi connectivity index (χ2v) is 7.73. The Hall–Kier alpha value is -2.70. The molecule has 1 amide bonds. The zero-order chi connectivity index (χ0) is 19.9. The standard InChI is InChI=1S/C21H18ClN3O2S/c1-14-12-16(9-10-17(14)22)18(26)13-19-20(27)24-21(28-19)25-23-11-5-8-15-6-3-2-4-7-15/h2-12,19H,13H2,1H3,(H,24,25,27). The summed E-state index contributed by atoms with van der Waals surface area (Å²) in [5, 5.41) is 11.1. The number of thioether (sulfide) groups is 1. The predicted octanol–water partition coefficient (Wildman–Crippen LogP) is 4.51. The lowest BCUT2D eigenvalue weighted by Crippen LogP contribution is -2.26. The van der Waals surface area contributed by atoms with Crippen LogP contribution in [-0.2, 0) is 4.79 Å². The zero-order valence-electron chi connectivity index (χ0n) is 15.1. The Balaban J connectivity index is 1.56. The molecule has 0 spiro atoms. The summed E-state index contributed by atoms with van der Waals surface area (Å²) < 4.78 is 0. The third kappa shape index (κ3) is 5.41. The van der Waals surface area contributed by atoms with Crippen LogP contribution in [0, 0.1) is 6.92 Å². The van der Waals surface area contributed by atoms with Crippen molar-refractivity contribution in [3.63, 3.8) is 0 Å². The van der Waals surface area contributed by atoms with Crippen LogP contribution in [0.4, 0.5) is 0 Å². The SMILES string of the molecule is Cc1cc(C(=O)CC2SC(=NN=CC=Cc3ccccc3)NC2=O)ccc1Cl. The van der Waals surface area contributed by atoms with Crippen LogP contribution in [0.5, 0.6) is 0 Å². The number of hydrogen-bond acceptors (Lipinski definition) is 5. The first kappa shape index (κ1) is 20.0. The molecule has 1 aliphatic rings. The number of allylic oxidation sites excluding steroid dienone is 1. The largest absolute Gasteiger partial charge is 0.303 e. The van der Waals surface area contributed by atoms with E-state index in [-0.39, 0.29) is 18.1 Å². The maximum absolute atomic E-state index is 12.4. The Morgan fingerprint density at radius 1 is 1.25 bits per heavy atom. The van der Waals surface area contributed by atoms with Gasteiger partial charge in [0.15, 0.2) is 11.0 Å². The van der Waals surface area contributed by atoms with E-state index in [0.717, 1.165) is 11.1 Å². The predicted molar refractivity (Wildman–Crippen MR) is 116 cm³/mol. The molecular formula is C21H18ClN3O2S. The molecule has 142 valence electrons. The lowest BCUT2D eigenvalue weighted by molar-refractivity contribution is -0.118. The van der Waals surface area contributed by atoms with Gasteiger partial charge in [-0.05, 0) is 42.3 Å². The van der Waals surface area contributed by atoms with Crippen LogP contribution in [0.15, 0.2) is 64.8 Å². The zero-order valence-corrected chi connectivity index (χ0v) is 16.7. The summed E-state index contributed by atoms with van der Waals surface area (Å²) in [7, 11) is 0. The smallest absolute Gasteiger partial charge is 0.240 e. The lowest BCUT2D eigenvalue weighted by Gasteiger charge is -2.06. The van der Waals surface area contributed by atoms with Gasteiger partial charge in [0.25, 0.3) is 0 Å². The molecule has 0 aromatic heterocycles. The summed E-state index contributed by atoms with van der Waals surface area (Å²) in [5.74, 6) is -0.347. The molecule has 0 saturated carbocycles. The molecular weight excluding hydrogens is 394 g/mol. The average Bonchev–Trinajstić information content (AvgIpc) is 3.03. The van der Waals surface area contributed by atoms with Crippen molar-refractivity contribution >= 4 is 52.5 Å². The van der Waals surface area contributed by atoms with E-state index in [1.165, 1.54) is 11.8 Å². The van der Waals surface area contributed by atoms with Crippen molar-refractivity contribution in [1.82, 2.24) is 5.32 Å². The van der Waals surface area contributed by atoms with Gasteiger partial charge in [-0.2, -0.15) is 5.10 Å². The number of amides is 1. The van der Waals surface area contributed by atoms with Crippen molar-refractivity contribution in [3.8, 4) is 0 Å². The Kier molecular flexibility index (Phi) is 6.79. The Bertz CT molecular complexity index is 971. The van der Waals surface area contributed by atoms with E-state index in [4.69, 9.17) is 11.6 Å². The number of halogens is 1. The van der Waals surface area contributed by atoms with Gasteiger partial charge in [0, 0.05) is 23.2 Å². The highest BCUT2D eigenvalue weighted by atomic mass is 35.5. The number of carbonyl (C=O) groups excluding carboxylic acids is 2. The molecule has 0 bridgehead atoms. The number of Topliss-reactive ketones (excluding diaryl/α,β-unsaturated/α-hetero) is 1. The molecule has 2 aromatic carbocycles. The van der Waals surface area contributed by atoms with E-state index in [0.29, 0.717) is 15.8 Å². The number of ketones is 1. The summed E-state index contributed by atoms with van der Waals surface area (Å²) >= 11 is 7.20. The number of carbonyl (C=O) groups is 2. The number of rotatable bonds is 6. The van der Waals surface area contributed by atoms with Gasteiger partial charge in [0.2, 0.25) is 5.91 Å². The molecule has 1 unspecified atom stereocenters. The lowest BCUT2D eigenvalue weighted by atomic mass is 10.0. The van der Waals surface area contributed by atoms with Gasteiger partial charge in [-0.3, -0.25) is 9.59 Å². The fourth-order valence-electron chi connectivity index (χ4n) is 2.53. The molecule has 1 atom stereocenters. The van der Waals surface area contributed by atoms with E-state index in [1.807, 2.05) is 43.3 Å². The topological polar surface area (TPSA) is 70.9 Å². The van der Waals surface area contributed by atoms with Gasteiger partial charge in [-0.15, -0.1) is 5.10 Å². The van der Waals surface area contributed by atoms with Gasteiger partial charge in [0.1, 0.15) is 0 Å². The number of aryl methyl sites for hydroxylation is 1. The molecule has 28 heavy (non-hydrogen) atoms. The van der Waals surface area contributed by atoms with Gasteiger partial charge in [0.05, 0.1) is 5.25 Å².